The molecule has 0 unspecified atom stereocenters. The van der Waals surface area contributed by atoms with Gasteiger partial charge in [0.15, 0.2) is 5.78 Å². The van der Waals surface area contributed by atoms with Gasteiger partial charge in [0, 0.05) is 117 Å². The average molecular weight is 1350 g/mol. The lowest BCUT2D eigenvalue weighted by Crippen LogP contribution is -2.32. The van der Waals surface area contributed by atoms with Crippen LogP contribution in [0.4, 0.5) is 0 Å². The van der Waals surface area contributed by atoms with Gasteiger partial charge in [-0.2, -0.15) is 8.61 Å². The lowest BCUT2D eigenvalue weighted by molar-refractivity contribution is 0.0696. The van der Waals surface area contributed by atoms with Crippen molar-refractivity contribution in [1.29, 1.82) is 0 Å². The Morgan fingerprint density at radius 3 is 0.957 bits per heavy atom. The van der Waals surface area contributed by atoms with Crippen molar-refractivity contribution in [2.75, 3.05) is 146 Å². The molecule has 0 aliphatic heterocycles. The van der Waals surface area contributed by atoms with Crippen LogP contribution in [-0.4, -0.2) is 208 Å². The summed E-state index contributed by atoms with van der Waals surface area (Å²) in [4.78, 5) is 23.0. The van der Waals surface area contributed by atoms with Crippen molar-refractivity contribution in [2.45, 2.75) is 207 Å². The molecule has 2 aromatic rings. The first-order valence-electron chi connectivity index (χ1n) is 34.1. The number of hydrogen-bond acceptors (Lipinski definition) is 18. The summed E-state index contributed by atoms with van der Waals surface area (Å²) in [6.45, 7) is 27.1. The molecule has 0 aliphatic rings. The second-order valence-electron chi connectivity index (χ2n) is 23.3. The van der Waals surface area contributed by atoms with Crippen LogP contribution < -0.4 is 22.1 Å². The monoisotopic (exact) mass is 1350 g/mol. The average Bonchev–Trinajstić information content (AvgIpc) is 0.849. The number of benzene rings is 2. The molecule has 0 saturated heterocycles. The number of aliphatic hydroxyl groups excluding tert-OH is 4. The summed E-state index contributed by atoms with van der Waals surface area (Å²) < 4.78 is 75.1. The SMILES string of the molecule is C.CCC.CCCN(CCC)S(=O)(=O)c1ccc(C(=O)C(C)C)cc1.CCCN(CCC)S(=O)(=O)c1ccc(C(=O)O)cc1.CNCCOCCCC(CCCO)(CCCO)CCCOCCNC.NCCOCCCC(CCCO)(CCCO)CCCOCCN. The number of aliphatic hydroxyl groups is 4. The van der Waals surface area contributed by atoms with E-state index in [-0.39, 0.29) is 71.7 Å². The summed E-state index contributed by atoms with van der Waals surface area (Å²) in [7, 11) is -3.14. The Labute approximate surface area is 560 Å². The summed E-state index contributed by atoms with van der Waals surface area (Å²) in [6.07, 6.45) is 19.8. The number of aromatic carboxylic acids is 1. The van der Waals surface area contributed by atoms with Gasteiger partial charge in [-0.25, -0.2) is 21.6 Å². The minimum atomic E-state index is -3.53. The highest BCUT2D eigenvalue weighted by atomic mass is 32.2. The lowest BCUT2D eigenvalue weighted by Gasteiger charge is -2.34. The maximum Gasteiger partial charge on any atom is 0.335 e. The predicted octanol–water partition coefficient (Wildman–Crippen LogP) is 10.2. The lowest BCUT2D eigenvalue weighted by atomic mass is 9.72. The number of hydrogen-bond donors (Lipinski definition) is 9. The molecule has 0 aromatic heterocycles. The smallest absolute Gasteiger partial charge is 0.335 e. The van der Waals surface area contributed by atoms with E-state index in [2.05, 4.69) is 24.5 Å². The zero-order chi connectivity index (χ0) is 69.1. The molecule has 2 aromatic carbocycles. The number of carbonyl (C=O) groups is 2. The Balaban J connectivity index is -0.000000552. The van der Waals surface area contributed by atoms with Gasteiger partial charge in [-0.3, -0.25) is 4.79 Å². The van der Waals surface area contributed by atoms with Crippen molar-refractivity contribution in [2.24, 2.45) is 28.2 Å². The third-order valence-electron chi connectivity index (χ3n) is 14.9. The highest BCUT2D eigenvalue weighted by Crippen LogP contribution is 2.41. The number of nitrogens with one attached hydrogen (secondary N) is 2. The van der Waals surface area contributed by atoms with E-state index in [1.165, 1.54) is 51.4 Å². The molecular formula is C69H136N6O15S2. The van der Waals surface area contributed by atoms with Gasteiger partial charge in [0.2, 0.25) is 20.0 Å². The molecule has 92 heavy (non-hydrogen) atoms. The van der Waals surface area contributed by atoms with Crippen LogP contribution in [-0.2, 0) is 39.0 Å². The van der Waals surface area contributed by atoms with Gasteiger partial charge < -0.3 is 66.6 Å². The predicted molar refractivity (Wildman–Crippen MR) is 377 cm³/mol. The highest BCUT2D eigenvalue weighted by Gasteiger charge is 2.30. The van der Waals surface area contributed by atoms with Gasteiger partial charge in [0.1, 0.15) is 0 Å². The normalized spacial score (nSPS) is 11.6. The van der Waals surface area contributed by atoms with Crippen LogP contribution in [0, 0.1) is 16.7 Å². The van der Waals surface area contributed by atoms with Gasteiger partial charge in [0.05, 0.1) is 41.8 Å². The Bertz CT molecular complexity index is 2140. The van der Waals surface area contributed by atoms with Gasteiger partial charge in [-0.1, -0.05) is 81.4 Å². The molecule has 0 radical (unpaired) electrons. The van der Waals surface area contributed by atoms with E-state index < -0.39 is 26.0 Å². The minimum Gasteiger partial charge on any atom is -0.478 e. The molecule has 0 saturated carbocycles. The van der Waals surface area contributed by atoms with E-state index in [0.29, 0.717) is 58.0 Å². The summed E-state index contributed by atoms with van der Waals surface area (Å²) in [5.41, 5.74) is 11.8. The molecule has 0 bridgehead atoms. The topological polar surface area (TPSA) is 323 Å². The van der Waals surface area contributed by atoms with Crippen molar-refractivity contribution in [3.8, 4) is 0 Å². The van der Waals surface area contributed by atoms with Crippen LogP contribution in [0.1, 0.15) is 218 Å². The number of ether oxygens (including phenoxy) is 4. The number of sulfonamides is 2. The summed E-state index contributed by atoms with van der Waals surface area (Å²) in [5, 5.41) is 51.9. The van der Waals surface area contributed by atoms with Crippen molar-refractivity contribution < 1.29 is 70.9 Å². The van der Waals surface area contributed by atoms with E-state index >= 15 is 0 Å². The van der Waals surface area contributed by atoms with Crippen LogP contribution in [0.25, 0.3) is 0 Å². The fraction of sp³-hybridized carbons (Fsp3) is 0.797. The molecular weight excluding hydrogens is 1220 g/mol. The Hall–Kier alpha value is -3.08. The molecule has 21 nitrogen and oxygen atoms in total. The number of carboxylic acids is 1. The fourth-order valence-corrected chi connectivity index (χ4v) is 13.6. The highest BCUT2D eigenvalue weighted by molar-refractivity contribution is 7.89. The number of likely N-dealkylation sites (N-methyl/N-ethyl adjacent to an activating group) is 2. The van der Waals surface area contributed by atoms with Crippen LogP contribution in [0.15, 0.2) is 58.3 Å². The third-order valence-corrected chi connectivity index (χ3v) is 18.7. The third kappa shape index (κ3) is 45.4. The van der Waals surface area contributed by atoms with E-state index in [1.807, 2.05) is 55.6 Å². The van der Waals surface area contributed by atoms with E-state index in [9.17, 15) is 46.9 Å². The standard InChI is InChI=1S/C19H42N2O4.C17H38N2O4.C16H25NO3S.C13H19NO4S.C3H8.CH4/c1-20-11-17-24-15-5-9-19(7-3-13-22,8-4-14-23)10-6-16-25-18-12-21-2;18-9-15-22-13-3-7-17(5-1-11-20,6-2-12-21)8-4-14-23-16-10-19;1-5-11-17(12-6-2)21(19,20)15-9-7-14(8-10-15)16(18)13(3)4;1-3-9-14(10-4-2)19(17,18)12-7-5-11(6-8-12)13(15)16;1-3-2;/h20-23H,3-18H2,1-2H3;20-21H,1-16,18-19H2;7-10,13H,5-6,11-12H2,1-4H3;5-8H,3-4,9-10H2,1-2H3,(H,15,16);3H2,1-2H3;1H4. The Morgan fingerprint density at radius 1 is 0.467 bits per heavy atom. The molecule has 544 valence electrons. The number of Topliss-reactive ketones (excluding diaryl/α,β-unsaturated/α-hetero) is 1. The molecule has 11 N–H and O–H groups in total. The summed E-state index contributed by atoms with van der Waals surface area (Å²) in [6, 6.07) is 11.6. The number of nitrogens with two attached hydrogens (primary N) is 2. The number of carboxylic acid groups (broad SMARTS) is 1. The zero-order valence-corrected chi connectivity index (χ0v) is 60.0. The second kappa shape index (κ2) is 62.7. The van der Waals surface area contributed by atoms with Gasteiger partial charge in [-0.15, -0.1) is 0 Å². The van der Waals surface area contributed by atoms with Crippen LogP contribution >= 0.6 is 0 Å². The largest absolute Gasteiger partial charge is 0.478 e. The Morgan fingerprint density at radius 2 is 0.728 bits per heavy atom. The number of carbonyl (C=O) groups excluding carboxylic acids is 1. The van der Waals surface area contributed by atoms with Gasteiger partial charge in [0.25, 0.3) is 0 Å². The molecule has 2 rings (SSSR count). The maximum atomic E-state index is 12.6. The number of nitrogens with zero attached hydrogens (tertiary/aromatic N) is 2. The van der Waals surface area contributed by atoms with Crippen LogP contribution in [0.5, 0.6) is 0 Å². The maximum absolute atomic E-state index is 12.6. The summed E-state index contributed by atoms with van der Waals surface area (Å²) in [5.74, 6) is -1.13. The van der Waals surface area contributed by atoms with Crippen molar-refractivity contribution in [1.82, 2.24) is 19.2 Å². The molecule has 0 aliphatic carbocycles. The van der Waals surface area contributed by atoms with E-state index in [0.717, 1.165) is 181 Å². The number of rotatable bonds is 53. The van der Waals surface area contributed by atoms with E-state index in [4.69, 9.17) is 35.5 Å². The van der Waals surface area contributed by atoms with E-state index in [1.54, 1.807) is 12.1 Å². The van der Waals surface area contributed by atoms with Crippen LogP contribution in [0.2, 0.25) is 0 Å². The minimum absolute atomic E-state index is 0. The fourth-order valence-electron chi connectivity index (χ4n) is 10.3. The van der Waals surface area contributed by atoms with Crippen LogP contribution in [0.3, 0.4) is 0 Å². The quantitative estimate of drug-likeness (QED) is 0.0220. The Kier molecular flexibility index (Phi) is 65.0. The summed E-state index contributed by atoms with van der Waals surface area (Å²) >= 11 is 0. The molecule has 23 heteroatoms. The first-order valence-corrected chi connectivity index (χ1v) is 37.0. The second-order valence-corrected chi connectivity index (χ2v) is 27.2. The number of ketones is 1. The van der Waals surface area contributed by atoms with Crippen molar-refractivity contribution in [3.05, 3.63) is 59.7 Å². The first-order chi connectivity index (χ1) is 43.7. The molecule has 0 fully saturated rings. The molecule has 0 atom stereocenters. The zero-order valence-electron chi connectivity index (χ0n) is 58.4. The van der Waals surface area contributed by atoms with Crippen molar-refractivity contribution in [3.63, 3.8) is 0 Å². The molecule has 0 heterocycles. The van der Waals surface area contributed by atoms with Gasteiger partial charge in [-0.05, 0) is 190 Å². The van der Waals surface area contributed by atoms with Gasteiger partial charge >= 0.3 is 5.97 Å². The molecule has 0 amide bonds. The first kappa shape index (κ1) is 95.3. The van der Waals surface area contributed by atoms with Crippen molar-refractivity contribution >= 4 is 31.8 Å². The molecule has 0 spiro atoms.